The number of amides is 2. The molecule has 0 radical (unpaired) electrons. The predicted octanol–water partition coefficient (Wildman–Crippen LogP) is -1.25. The maximum atomic E-state index is 12.4. The van der Waals surface area contributed by atoms with Crippen molar-refractivity contribution in [2.45, 2.75) is 12.1 Å². The van der Waals surface area contributed by atoms with E-state index in [1.807, 2.05) is 0 Å². The van der Waals surface area contributed by atoms with Crippen molar-refractivity contribution in [3.63, 3.8) is 0 Å². The zero-order chi connectivity index (χ0) is 15.5. The minimum Gasteiger partial charge on any atom is -0.373 e. The van der Waals surface area contributed by atoms with Crippen LogP contribution in [0, 0.1) is 0 Å². The van der Waals surface area contributed by atoms with Crippen molar-refractivity contribution in [3.8, 4) is 0 Å². The summed E-state index contributed by atoms with van der Waals surface area (Å²) in [4.78, 5) is 35.8. The summed E-state index contributed by atoms with van der Waals surface area (Å²) in [5.74, 6) is -0.176. The molecule has 0 aromatic carbocycles. The van der Waals surface area contributed by atoms with Crippen LogP contribution in [0.15, 0.2) is 18.6 Å². The fraction of sp³-hybridized carbons (Fsp3) is 0.571. The molecular weight excluding hydrogens is 286 g/mol. The molecule has 1 aromatic rings. The first-order valence-electron chi connectivity index (χ1n) is 7.30. The molecule has 1 aromatic heterocycles. The van der Waals surface area contributed by atoms with E-state index in [0.29, 0.717) is 38.5 Å². The zero-order valence-electron chi connectivity index (χ0n) is 12.4. The monoisotopic (exact) mass is 305 g/mol. The van der Waals surface area contributed by atoms with Gasteiger partial charge in [-0.2, -0.15) is 0 Å². The number of rotatable bonds is 3. The van der Waals surface area contributed by atoms with Crippen LogP contribution in [0.25, 0.3) is 0 Å². The molecule has 2 saturated heterocycles. The van der Waals surface area contributed by atoms with Crippen LogP contribution in [0.4, 0.5) is 0 Å². The molecule has 0 aliphatic carbocycles. The number of carbonyl (C=O) groups is 2. The van der Waals surface area contributed by atoms with Crippen molar-refractivity contribution in [2.24, 2.45) is 0 Å². The lowest BCUT2D eigenvalue weighted by atomic mass is 10.1. The molecule has 2 amide bonds. The molecule has 118 valence electrons. The number of nitrogens with one attached hydrogen (secondary N) is 1. The van der Waals surface area contributed by atoms with Gasteiger partial charge in [-0.3, -0.25) is 19.5 Å². The number of likely N-dealkylation sites (N-methyl/N-ethyl adjacent to an activating group) is 1. The number of aromatic nitrogens is 2. The normalized spacial score (nSPS) is 24.9. The predicted molar refractivity (Wildman–Crippen MR) is 77.1 cm³/mol. The fourth-order valence-electron chi connectivity index (χ4n) is 2.96. The molecule has 2 aliphatic heterocycles. The lowest BCUT2D eigenvalue weighted by molar-refractivity contribution is -0.125. The molecule has 0 spiro atoms. The number of carbonyl (C=O) groups excluding carboxylic acids is 2. The van der Waals surface area contributed by atoms with Gasteiger partial charge in [0.2, 0.25) is 5.91 Å². The molecule has 8 heteroatoms. The van der Waals surface area contributed by atoms with Crippen molar-refractivity contribution in [1.82, 2.24) is 25.1 Å². The Hall–Kier alpha value is -2.06. The molecule has 2 fully saturated rings. The molecule has 2 atom stereocenters. The Morgan fingerprint density at radius 2 is 2.27 bits per heavy atom. The number of fused-ring (bicyclic) bond motifs is 1. The molecule has 0 unspecified atom stereocenters. The van der Waals surface area contributed by atoms with Gasteiger partial charge >= 0.3 is 0 Å². The highest BCUT2D eigenvalue weighted by Crippen LogP contribution is 2.23. The second-order valence-corrected chi connectivity index (χ2v) is 5.42. The number of hydrogen-bond acceptors (Lipinski definition) is 6. The third-order valence-electron chi connectivity index (χ3n) is 4.11. The van der Waals surface area contributed by atoms with Crippen LogP contribution in [0.2, 0.25) is 0 Å². The van der Waals surface area contributed by atoms with Gasteiger partial charge < -0.3 is 15.0 Å². The van der Waals surface area contributed by atoms with Crippen LogP contribution < -0.4 is 5.32 Å². The van der Waals surface area contributed by atoms with Crippen LogP contribution in [0.5, 0.6) is 0 Å². The largest absolute Gasteiger partial charge is 0.373 e. The highest BCUT2D eigenvalue weighted by Gasteiger charge is 2.42. The van der Waals surface area contributed by atoms with Gasteiger partial charge in [0.25, 0.3) is 5.91 Å². The van der Waals surface area contributed by atoms with Crippen LogP contribution in [-0.2, 0) is 9.53 Å². The van der Waals surface area contributed by atoms with Crippen molar-refractivity contribution < 1.29 is 14.3 Å². The van der Waals surface area contributed by atoms with E-state index >= 15 is 0 Å². The third-order valence-corrected chi connectivity index (χ3v) is 4.11. The summed E-state index contributed by atoms with van der Waals surface area (Å²) < 4.78 is 5.76. The zero-order valence-corrected chi connectivity index (χ0v) is 12.4. The second kappa shape index (κ2) is 6.37. The van der Waals surface area contributed by atoms with Gasteiger partial charge in [-0.25, -0.2) is 4.98 Å². The summed E-state index contributed by atoms with van der Waals surface area (Å²) in [6.45, 7) is 2.66. The van der Waals surface area contributed by atoms with Gasteiger partial charge in [-0.05, 0) is 0 Å². The standard InChI is InChI=1S/C14H19N5O3/c1-15-13(20)9-18-4-5-22-12-8-19(7-11(12)18)14(21)10-6-16-2-3-17-10/h2-3,6,11-12H,4-5,7-9H2,1H3,(H,15,20)/t11-,12-/m0/s1. The lowest BCUT2D eigenvalue weighted by Crippen LogP contribution is -2.53. The summed E-state index contributed by atoms with van der Waals surface area (Å²) in [7, 11) is 1.62. The van der Waals surface area contributed by atoms with Crippen LogP contribution in [0.1, 0.15) is 10.5 Å². The highest BCUT2D eigenvalue weighted by atomic mass is 16.5. The molecule has 3 heterocycles. The highest BCUT2D eigenvalue weighted by molar-refractivity contribution is 5.92. The van der Waals surface area contributed by atoms with Gasteiger partial charge in [0.15, 0.2) is 0 Å². The Morgan fingerprint density at radius 3 is 3.00 bits per heavy atom. The van der Waals surface area contributed by atoms with Crippen LogP contribution in [-0.4, -0.2) is 83.6 Å². The molecule has 8 nitrogen and oxygen atoms in total. The smallest absolute Gasteiger partial charge is 0.274 e. The lowest BCUT2D eigenvalue weighted by Gasteiger charge is -2.35. The molecule has 3 rings (SSSR count). The molecule has 22 heavy (non-hydrogen) atoms. The number of hydrogen-bond donors (Lipinski definition) is 1. The molecule has 0 bridgehead atoms. The fourth-order valence-corrected chi connectivity index (χ4v) is 2.96. The van der Waals surface area contributed by atoms with Crippen LogP contribution >= 0.6 is 0 Å². The van der Waals surface area contributed by atoms with E-state index in [9.17, 15) is 9.59 Å². The first kappa shape index (κ1) is 14.9. The first-order chi connectivity index (χ1) is 10.7. The van der Waals surface area contributed by atoms with E-state index in [0.717, 1.165) is 0 Å². The maximum absolute atomic E-state index is 12.4. The maximum Gasteiger partial charge on any atom is 0.274 e. The van der Waals surface area contributed by atoms with Crippen molar-refractivity contribution in [2.75, 3.05) is 39.8 Å². The van der Waals surface area contributed by atoms with Gasteiger partial charge in [0, 0.05) is 39.1 Å². The minimum atomic E-state index is -0.147. The number of morpholine rings is 1. The van der Waals surface area contributed by atoms with Crippen molar-refractivity contribution in [1.29, 1.82) is 0 Å². The average molecular weight is 305 g/mol. The van der Waals surface area contributed by atoms with Crippen molar-refractivity contribution >= 4 is 11.8 Å². The SMILES string of the molecule is CNC(=O)CN1CCO[C@H]2CN(C(=O)c3cnccn3)C[C@@H]21. The Balaban J connectivity index is 1.69. The van der Waals surface area contributed by atoms with E-state index < -0.39 is 0 Å². The first-order valence-corrected chi connectivity index (χ1v) is 7.30. The Bertz CT molecular complexity index is 553. The average Bonchev–Trinajstić information content (AvgIpc) is 3.00. The third kappa shape index (κ3) is 2.93. The molecule has 0 saturated carbocycles. The summed E-state index contributed by atoms with van der Waals surface area (Å²) in [6.07, 6.45) is 4.45. The van der Waals surface area contributed by atoms with Gasteiger partial charge in [-0.15, -0.1) is 0 Å². The Morgan fingerprint density at radius 1 is 1.41 bits per heavy atom. The topological polar surface area (TPSA) is 87.7 Å². The summed E-state index contributed by atoms with van der Waals surface area (Å²) >= 11 is 0. The van der Waals surface area contributed by atoms with Crippen LogP contribution in [0.3, 0.4) is 0 Å². The Kier molecular flexibility index (Phi) is 4.30. The second-order valence-electron chi connectivity index (χ2n) is 5.42. The van der Waals surface area contributed by atoms with Gasteiger partial charge in [0.1, 0.15) is 5.69 Å². The number of ether oxygens (including phenoxy) is 1. The summed E-state index contributed by atoms with van der Waals surface area (Å²) in [5.41, 5.74) is 0.332. The van der Waals surface area contributed by atoms with Gasteiger partial charge in [-0.1, -0.05) is 0 Å². The van der Waals surface area contributed by atoms with Crippen molar-refractivity contribution in [3.05, 3.63) is 24.3 Å². The van der Waals surface area contributed by atoms with E-state index in [1.165, 1.54) is 18.6 Å². The van der Waals surface area contributed by atoms with Gasteiger partial charge in [0.05, 0.1) is 31.5 Å². The molecular formula is C14H19N5O3. The van der Waals surface area contributed by atoms with E-state index in [1.54, 1.807) is 11.9 Å². The summed E-state index contributed by atoms with van der Waals surface area (Å²) in [6, 6.07) is 0.0478. The number of nitrogens with zero attached hydrogens (tertiary/aromatic N) is 4. The Labute approximate surface area is 128 Å². The molecule has 2 aliphatic rings. The summed E-state index contributed by atoms with van der Waals surface area (Å²) in [5, 5.41) is 2.63. The quantitative estimate of drug-likeness (QED) is 0.750. The van der Waals surface area contributed by atoms with E-state index in [4.69, 9.17) is 4.74 Å². The van der Waals surface area contributed by atoms with E-state index in [2.05, 4.69) is 20.2 Å². The number of likely N-dealkylation sites (tertiary alicyclic amines) is 1. The molecule has 1 N–H and O–H groups in total. The van der Waals surface area contributed by atoms with E-state index in [-0.39, 0.29) is 24.0 Å². The minimum absolute atomic E-state index is 0.0284.